The van der Waals surface area contributed by atoms with E-state index in [1.165, 1.54) is 6.92 Å². The molecule has 3 amide bonds. The first-order valence-corrected chi connectivity index (χ1v) is 10.7. The lowest BCUT2D eigenvalue weighted by molar-refractivity contribution is -0.123. The lowest BCUT2D eigenvalue weighted by Gasteiger charge is -2.22. The molecule has 0 fully saturated rings. The van der Waals surface area contributed by atoms with E-state index >= 15 is 0 Å². The van der Waals surface area contributed by atoms with Crippen molar-refractivity contribution < 1.29 is 14.4 Å². The van der Waals surface area contributed by atoms with Crippen molar-refractivity contribution in [1.82, 2.24) is 30.2 Å². The van der Waals surface area contributed by atoms with Crippen LogP contribution in [0.1, 0.15) is 44.7 Å². The molecule has 1 aromatic carbocycles. The first-order chi connectivity index (χ1) is 16.3. The predicted octanol–water partition coefficient (Wildman–Crippen LogP) is 1.63. The van der Waals surface area contributed by atoms with Crippen LogP contribution < -0.4 is 10.6 Å². The molecule has 2 aromatic heterocycles. The summed E-state index contributed by atoms with van der Waals surface area (Å²) in [5.74, 6) is -1.21. The summed E-state index contributed by atoms with van der Waals surface area (Å²) in [7, 11) is 0. The number of imide groups is 1. The highest BCUT2D eigenvalue weighted by atomic mass is 16.2. The average molecular weight is 460 g/mol. The van der Waals surface area contributed by atoms with Crippen LogP contribution in [0, 0.1) is 13.8 Å². The molecule has 0 radical (unpaired) electrons. The minimum atomic E-state index is -1.06. The Balaban J connectivity index is 1.52. The van der Waals surface area contributed by atoms with E-state index in [1.807, 2.05) is 19.9 Å². The monoisotopic (exact) mass is 460 g/mol. The zero-order chi connectivity index (χ0) is 24.2. The second-order valence-corrected chi connectivity index (χ2v) is 7.85. The van der Waals surface area contributed by atoms with E-state index in [4.69, 9.17) is 0 Å². The first-order valence-electron chi connectivity index (χ1n) is 10.7. The number of rotatable bonds is 6. The van der Waals surface area contributed by atoms with Crippen LogP contribution in [0.3, 0.4) is 0 Å². The maximum absolute atomic E-state index is 13.1. The molecule has 1 aliphatic heterocycles. The normalized spacial score (nSPS) is 14.2. The SMILES string of the molecule is Cc1cc(C)nc(NC(=NCCc2cnc[nH]2)NC(=O)C(C)N2C(=O)c3ccccc3C2=O)n1. The van der Waals surface area contributed by atoms with Crippen molar-refractivity contribution in [3.63, 3.8) is 0 Å². The van der Waals surface area contributed by atoms with Crippen LogP contribution in [0.25, 0.3) is 0 Å². The van der Waals surface area contributed by atoms with Gasteiger partial charge >= 0.3 is 0 Å². The van der Waals surface area contributed by atoms with Crippen molar-refractivity contribution in [2.24, 2.45) is 4.99 Å². The van der Waals surface area contributed by atoms with Crippen molar-refractivity contribution >= 4 is 29.6 Å². The maximum Gasteiger partial charge on any atom is 0.262 e. The van der Waals surface area contributed by atoms with Crippen LogP contribution >= 0.6 is 0 Å². The third-order valence-electron chi connectivity index (χ3n) is 5.25. The number of fused-ring (bicyclic) bond motifs is 1. The van der Waals surface area contributed by atoms with Crippen LogP contribution in [0.15, 0.2) is 47.8 Å². The number of hydrogen-bond acceptors (Lipinski definition) is 7. The van der Waals surface area contributed by atoms with E-state index in [0.29, 0.717) is 13.0 Å². The van der Waals surface area contributed by atoms with Gasteiger partial charge in [0, 0.05) is 36.2 Å². The Morgan fingerprint density at radius 3 is 2.35 bits per heavy atom. The first kappa shape index (κ1) is 22.8. The molecule has 3 N–H and O–H groups in total. The second kappa shape index (κ2) is 9.61. The number of carbonyl (C=O) groups is 3. The fourth-order valence-electron chi connectivity index (χ4n) is 3.61. The number of carbonyl (C=O) groups excluding carboxylic acids is 3. The molecule has 1 atom stereocenters. The van der Waals surface area contributed by atoms with Crippen molar-refractivity contribution in [2.75, 3.05) is 11.9 Å². The van der Waals surface area contributed by atoms with E-state index in [2.05, 4.69) is 35.6 Å². The van der Waals surface area contributed by atoms with Crippen molar-refractivity contribution in [2.45, 2.75) is 33.2 Å². The number of nitrogens with zero attached hydrogens (tertiary/aromatic N) is 5. The molecule has 1 unspecified atom stereocenters. The third-order valence-corrected chi connectivity index (χ3v) is 5.25. The summed E-state index contributed by atoms with van der Waals surface area (Å²) in [5.41, 5.74) is 2.94. The topological polar surface area (TPSA) is 145 Å². The van der Waals surface area contributed by atoms with E-state index in [0.717, 1.165) is 22.0 Å². The van der Waals surface area contributed by atoms with Crippen molar-refractivity contribution in [1.29, 1.82) is 0 Å². The molecule has 3 heterocycles. The lowest BCUT2D eigenvalue weighted by atomic mass is 10.1. The molecular weight excluding hydrogens is 436 g/mol. The van der Waals surface area contributed by atoms with Crippen LogP contribution in [-0.2, 0) is 11.2 Å². The van der Waals surface area contributed by atoms with Gasteiger partial charge in [0.2, 0.25) is 17.8 Å². The number of aryl methyl sites for hydroxylation is 2. The number of imidazole rings is 1. The van der Waals surface area contributed by atoms with Crippen LogP contribution in [0.2, 0.25) is 0 Å². The number of amides is 3. The van der Waals surface area contributed by atoms with E-state index in [-0.39, 0.29) is 23.0 Å². The number of anilines is 1. The Bertz CT molecular complexity index is 1210. The quantitative estimate of drug-likeness (QED) is 0.288. The molecule has 0 saturated carbocycles. The Morgan fingerprint density at radius 1 is 1.12 bits per heavy atom. The molecule has 0 saturated heterocycles. The summed E-state index contributed by atoms with van der Waals surface area (Å²) in [4.78, 5) is 59.6. The van der Waals surface area contributed by atoms with E-state index in [1.54, 1.807) is 36.8 Å². The van der Waals surface area contributed by atoms with Gasteiger partial charge in [-0.25, -0.2) is 15.0 Å². The zero-order valence-corrected chi connectivity index (χ0v) is 19.0. The van der Waals surface area contributed by atoms with Gasteiger partial charge in [-0.15, -0.1) is 0 Å². The molecule has 34 heavy (non-hydrogen) atoms. The average Bonchev–Trinajstić information content (AvgIpc) is 3.39. The van der Waals surface area contributed by atoms with E-state index in [9.17, 15) is 14.4 Å². The number of aromatic nitrogens is 4. The minimum absolute atomic E-state index is 0.109. The van der Waals surface area contributed by atoms with Gasteiger partial charge in [-0.2, -0.15) is 0 Å². The third kappa shape index (κ3) is 4.82. The maximum atomic E-state index is 13.1. The Labute approximate surface area is 195 Å². The number of guanidine groups is 1. The van der Waals surface area contributed by atoms with Crippen LogP contribution in [0.5, 0.6) is 0 Å². The molecule has 0 aliphatic carbocycles. The molecule has 11 nitrogen and oxygen atoms in total. The van der Waals surface area contributed by atoms with Crippen LogP contribution in [0.4, 0.5) is 5.95 Å². The van der Waals surface area contributed by atoms with Gasteiger partial charge in [-0.3, -0.25) is 34.9 Å². The van der Waals surface area contributed by atoms with Gasteiger partial charge in [0.1, 0.15) is 6.04 Å². The van der Waals surface area contributed by atoms with Gasteiger partial charge < -0.3 is 4.98 Å². The summed E-state index contributed by atoms with van der Waals surface area (Å²) >= 11 is 0. The smallest absolute Gasteiger partial charge is 0.262 e. The molecular formula is C23H24N8O3. The van der Waals surface area contributed by atoms with Gasteiger partial charge in [0.25, 0.3) is 11.8 Å². The highest BCUT2D eigenvalue weighted by molar-refractivity contribution is 6.23. The summed E-state index contributed by atoms with van der Waals surface area (Å²) in [5, 5.41) is 5.62. The summed E-state index contributed by atoms with van der Waals surface area (Å²) < 4.78 is 0. The number of H-pyrrole nitrogens is 1. The van der Waals surface area contributed by atoms with Gasteiger partial charge in [0.05, 0.1) is 17.5 Å². The van der Waals surface area contributed by atoms with Crippen molar-refractivity contribution in [3.05, 3.63) is 71.1 Å². The Morgan fingerprint density at radius 2 is 1.76 bits per heavy atom. The molecule has 3 aromatic rings. The van der Waals surface area contributed by atoms with Gasteiger partial charge in [-0.1, -0.05) is 12.1 Å². The number of aliphatic imine (C=N–C) groups is 1. The standard InChI is InChI=1S/C23H24N8O3/c1-13-10-14(2)28-23(27-13)30-22(25-9-8-16-11-24-12-26-16)29-19(32)15(3)31-20(33)17-6-4-5-7-18(17)21(31)34/h4-7,10-12,15H,8-9H2,1-3H3,(H,24,26)(H2,25,27,28,29,30,32). The number of aromatic amines is 1. The zero-order valence-electron chi connectivity index (χ0n) is 19.0. The summed E-state index contributed by atoms with van der Waals surface area (Å²) in [6, 6.07) is 7.26. The van der Waals surface area contributed by atoms with Gasteiger partial charge in [0.15, 0.2) is 0 Å². The summed E-state index contributed by atoms with van der Waals surface area (Å²) in [6.07, 6.45) is 3.83. The molecule has 4 rings (SSSR count). The highest BCUT2D eigenvalue weighted by Crippen LogP contribution is 2.24. The molecule has 11 heteroatoms. The number of benzene rings is 1. The number of hydrogen-bond donors (Lipinski definition) is 3. The molecule has 0 spiro atoms. The minimum Gasteiger partial charge on any atom is -0.348 e. The fourth-order valence-corrected chi connectivity index (χ4v) is 3.61. The fraction of sp³-hybridized carbons (Fsp3) is 0.261. The Hall–Kier alpha value is -4.41. The van der Waals surface area contributed by atoms with E-state index < -0.39 is 23.8 Å². The lowest BCUT2D eigenvalue weighted by Crippen LogP contribution is -2.50. The molecule has 1 aliphatic rings. The van der Waals surface area contributed by atoms with Gasteiger partial charge in [-0.05, 0) is 39.0 Å². The molecule has 0 bridgehead atoms. The Kier molecular flexibility index (Phi) is 6.44. The largest absolute Gasteiger partial charge is 0.348 e. The predicted molar refractivity (Wildman–Crippen MR) is 124 cm³/mol. The van der Waals surface area contributed by atoms with Crippen molar-refractivity contribution in [3.8, 4) is 0 Å². The summed E-state index contributed by atoms with van der Waals surface area (Å²) in [6.45, 7) is 5.49. The second-order valence-electron chi connectivity index (χ2n) is 7.85. The molecule has 174 valence electrons. The highest BCUT2D eigenvalue weighted by Gasteiger charge is 2.40. The number of nitrogens with one attached hydrogen (secondary N) is 3. The van der Waals surface area contributed by atoms with Crippen LogP contribution in [-0.4, -0.2) is 61.1 Å².